The van der Waals surface area contributed by atoms with Gasteiger partial charge in [0, 0.05) is 5.75 Å². The number of H-pyrrole nitrogens is 1. The summed E-state index contributed by atoms with van der Waals surface area (Å²) < 4.78 is 13.6. The van der Waals surface area contributed by atoms with Crippen molar-refractivity contribution in [3.8, 4) is 5.88 Å². The lowest BCUT2D eigenvalue weighted by molar-refractivity contribution is 0.444. The topological polar surface area (TPSA) is 66.0 Å². The Morgan fingerprint density at radius 1 is 1.50 bits per heavy atom. The number of nitrogens with one attached hydrogen (secondary N) is 1. The number of hydrogen-bond acceptors (Lipinski definition) is 4. The first-order valence-corrected chi connectivity index (χ1v) is 6.28. The van der Waals surface area contributed by atoms with Crippen molar-refractivity contribution in [2.24, 2.45) is 0 Å². The summed E-state index contributed by atoms with van der Waals surface area (Å²) in [5, 5.41) is 9.42. The van der Waals surface area contributed by atoms with Crippen LogP contribution in [-0.4, -0.2) is 15.1 Å². The smallest absolute Gasteiger partial charge is 0.255 e. The van der Waals surface area contributed by atoms with E-state index in [2.05, 4.69) is 9.97 Å². The van der Waals surface area contributed by atoms with Gasteiger partial charge in [0.05, 0.1) is 11.1 Å². The standard InChI is InChI=1S/C11H8ClFN2O2S/c12-7-3-1-2-6(10(7)13)5-18-11-14-8(16)4-9(17)15-11/h1-4H,5H2,(H2,14,15,16,17). The number of aromatic hydroxyl groups is 1. The van der Waals surface area contributed by atoms with Crippen LogP contribution in [0.15, 0.2) is 34.2 Å². The Labute approximate surface area is 111 Å². The predicted molar refractivity (Wildman–Crippen MR) is 67.5 cm³/mol. The van der Waals surface area contributed by atoms with E-state index in [4.69, 9.17) is 16.7 Å². The van der Waals surface area contributed by atoms with Crippen LogP contribution in [0, 0.1) is 5.82 Å². The molecule has 0 radical (unpaired) electrons. The molecule has 0 spiro atoms. The molecule has 0 aliphatic carbocycles. The van der Waals surface area contributed by atoms with Gasteiger partial charge in [0.15, 0.2) is 5.16 Å². The van der Waals surface area contributed by atoms with Crippen LogP contribution in [0.2, 0.25) is 5.02 Å². The van der Waals surface area contributed by atoms with Crippen LogP contribution in [0.25, 0.3) is 0 Å². The third-order valence-electron chi connectivity index (χ3n) is 2.10. The number of rotatable bonds is 3. The van der Waals surface area contributed by atoms with Crippen LogP contribution in [-0.2, 0) is 5.75 Å². The van der Waals surface area contributed by atoms with Gasteiger partial charge in [-0.25, -0.2) is 4.39 Å². The molecule has 0 bridgehead atoms. The maximum absolute atomic E-state index is 13.6. The Bertz CT molecular complexity index is 633. The van der Waals surface area contributed by atoms with E-state index in [-0.39, 0.29) is 21.8 Å². The van der Waals surface area contributed by atoms with Crippen LogP contribution in [0.5, 0.6) is 5.88 Å². The second-order valence-electron chi connectivity index (χ2n) is 3.41. The normalized spacial score (nSPS) is 10.6. The van der Waals surface area contributed by atoms with E-state index in [0.29, 0.717) is 5.56 Å². The van der Waals surface area contributed by atoms with Crippen molar-refractivity contribution in [3.63, 3.8) is 0 Å². The fourth-order valence-electron chi connectivity index (χ4n) is 1.30. The zero-order valence-corrected chi connectivity index (χ0v) is 10.6. The van der Waals surface area contributed by atoms with Crippen molar-refractivity contribution in [1.82, 2.24) is 9.97 Å². The number of hydrogen-bond donors (Lipinski definition) is 2. The monoisotopic (exact) mass is 286 g/mol. The second-order valence-corrected chi connectivity index (χ2v) is 4.78. The number of benzene rings is 1. The molecule has 0 fully saturated rings. The van der Waals surface area contributed by atoms with Crippen molar-refractivity contribution < 1.29 is 9.50 Å². The average molecular weight is 287 g/mol. The van der Waals surface area contributed by atoms with Gasteiger partial charge in [0.25, 0.3) is 5.56 Å². The Balaban J connectivity index is 2.16. The van der Waals surface area contributed by atoms with Gasteiger partial charge < -0.3 is 10.1 Å². The predicted octanol–water partition coefficient (Wildman–Crippen LogP) is 2.56. The average Bonchev–Trinajstić information content (AvgIpc) is 2.30. The third kappa shape index (κ3) is 3.02. The maximum atomic E-state index is 13.6. The molecule has 0 aliphatic heterocycles. The van der Waals surface area contributed by atoms with Gasteiger partial charge >= 0.3 is 0 Å². The van der Waals surface area contributed by atoms with Crippen LogP contribution in [0.3, 0.4) is 0 Å². The van der Waals surface area contributed by atoms with Crippen LogP contribution < -0.4 is 5.56 Å². The Morgan fingerprint density at radius 2 is 2.28 bits per heavy atom. The van der Waals surface area contributed by atoms with Crippen molar-refractivity contribution in [2.45, 2.75) is 10.9 Å². The third-order valence-corrected chi connectivity index (χ3v) is 3.32. The molecule has 94 valence electrons. The summed E-state index contributed by atoms with van der Waals surface area (Å²) >= 11 is 6.75. The molecule has 0 unspecified atom stereocenters. The Morgan fingerprint density at radius 3 is 3.00 bits per heavy atom. The zero-order valence-electron chi connectivity index (χ0n) is 8.98. The number of nitrogens with zero attached hydrogens (tertiary/aromatic N) is 1. The fraction of sp³-hybridized carbons (Fsp3) is 0.0909. The molecule has 0 saturated carbocycles. The first kappa shape index (κ1) is 12.9. The highest BCUT2D eigenvalue weighted by Gasteiger charge is 2.08. The first-order chi connectivity index (χ1) is 8.56. The van der Waals surface area contributed by atoms with Gasteiger partial charge in [-0.2, -0.15) is 4.98 Å². The van der Waals surface area contributed by atoms with Gasteiger partial charge in [-0.15, -0.1) is 0 Å². The molecular formula is C11H8ClFN2O2S. The molecule has 2 aromatic rings. The minimum absolute atomic E-state index is 0.0467. The molecule has 0 aliphatic rings. The minimum Gasteiger partial charge on any atom is -0.493 e. The number of aromatic nitrogens is 2. The molecule has 2 rings (SSSR count). The van der Waals surface area contributed by atoms with E-state index in [0.717, 1.165) is 17.8 Å². The van der Waals surface area contributed by atoms with Gasteiger partial charge in [0.1, 0.15) is 5.82 Å². The highest BCUT2D eigenvalue weighted by atomic mass is 35.5. The lowest BCUT2D eigenvalue weighted by Gasteiger charge is -2.04. The molecule has 1 aromatic carbocycles. The fourth-order valence-corrected chi connectivity index (χ4v) is 2.34. The minimum atomic E-state index is -0.492. The van der Waals surface area contributed by atoms with Crippen LogP contribution >= 0.6 is 23.4 Å². The van der Waals surface area contributed by atoms with Gasteiger partial charge in [-0.3, -0.25) is 4.79 Å². The molecule has 18 heavy (non-hydrogen) atoms. The molecule has 0 atom stereocenters. The van der Waals surface area contributed by atoms with E-state index in [1.54, 1.807) is 12.1 Å². The van der Waals surface area contributed by atoms with E-state index in [1.807, 2.05) is 0 Å². The molecule has 0 amide bonds. The van der Waals surface area contributed by atoms with Gasteiger partial charge in [0.2, 0.25) is 5.88 Å². The van der Waals surface area contributed by atoms with Crippen molar-refractivity contribution in [1.29, 1.82) is 0 Å². The lowest BCUT2D eigenvalue weighted by Crippen LogP contribution is -2.06. The van der Waals surface area contributed by atoms with Crippen molar-refractivity contribution >= 4 is 23.4 Å². The summed E-state index contributed by atoms with van der Waals surface area (Å²) in [4.78, 5) is 17.2. The number of halogens is 2. The molecule has 2 N–H and O–H groups in total. The SMILES string of the molecule is O=c1cc(O)nc(SCc2cccc(Cl)c2F)[nH]1. The molecule has 0 saturated heterocycles. The van der Waals surface area contributed by atoms with Crippen molar-refractivity contribution in [3.05, 3.63) is 51.0 Å². The summed E-state index contributed by atoms with van der Waals surface area (Å²) in [5.41, 5.74) is -0.0601. The lowest BCUT2D eigenvalue weighted by atomic mass is 10.2. The number of aromatic amines is 1. The van der Waals surface area contributed by atoms with Crippen molar-refractivity contribution in [2.75, 3.05) is 0 Å². The first-order valence-electron chi connectivity index (χ1n) is 4.92. The van der Waals surface area contributed by atoms with Crippen LogP contribution in [0.4, 0.5) is 4.39 Å². The largest absolute Gasteiger partial charge is 0.493 e. The molecular weight excluding hydrogens is 279 g/mol. The second kappa shape index (κ2) is 5.41. The Hall–Kier alpha value is -1.53. The van der Waals surface area contributed by atoms with Gasteiger partial charge in [-0.05, 0) is 11.6 Å². The highest BCUT2D eigenvalue weighted by Crippen LogP contribution is 2.24. The maximum Gasteiger partial charge on any atom is 0.255 e. The zero-order chi connectivity index (χ0) is 13.1. The Kier molecular flexibility index (Phi) is 3.88. The number of thioether (sulfide) groups is 1. The summed E-state index contributed by atoms with van der Waals surface area (Å²) in [6.45, 7) is 0. The van der Waals surface area contributed by atoms with E-state index in [9.17, 15) is 9.18 Å². The summed E-state index contributed by atoms with van der Waals surface area (Å²) in [5.74, 6) is -0.610. The summed E-state index contributed by atoms with van der Waals surface area (Å²) in [7, 11) is 0. The molecule has 1 heterocycles. The van der Waals surface area contributed by atoms with E-state index < -0.39 is 11.4 Å². The molecule has 1 aromatic heterocycles. The van der Waals surface area contributed by atoms with Crippen LogP contribution in [0.1, 0.15) is 5.56 Å². The summed E-state index contributed by atoms with van der Waals surface area (Å²) in [6, 6.07) is 5.65. The quantitative estimate of drug-likeness (QED) is 0.672. The molecule has 4 nitrogen and oxygen atoms in total. The van der Waals surface area contributed by atoms with Gasteiger partial charge in [-0.1, -0.05) is 35.5 Å². The highest BCUT2D eigenvalue weighted by molar-refractivity contribution is 7.98. The summed E-state index contributed by atoms with van der Waals surface area (Å²) in [6.07, 6.45) is 0. The van der Waals surface area contributed by atoms with E-state index in [1.165, 1.54) is 6.07 Å². The van der Waals surface area contributed by atoms with E-state index >= 15 is 0 Å². The molecule has 7 heteroatoms.